The first kappa shape index (κ1) is 24.9. The average Bonchev–Trinajstić information content (AvgIpc) is 3.61. The molecule has 0 spiro atoms. The molecule has 11 heteroatoms. The lowest BCUT2D eigenvalue weighted by molar-refractivity contribution is 0.532. The van der Waals surface area contributed by atoms with Crippen LogP contribution in [0.25, 0.3) is 16.6 Å². The van der Waals surface area contributed by atoms with Crippen molar-refractivity contribution in [1.29, 1.82) is 0 Å². The van der Waals surface area contributed by atoms with E-state index in [1.54, 1.807) is 30.9 Å². The predicted molar refractivity (Wildman–Crippen MR) is 148 cm³/mol. The van der Waals surface area contributed by atoms with Gasteiger partial charge in [0.25, 0.3) is 0 Å². The Morgan fingerprint density at radius 2 is 1.54 bits per heavy atom. The fraction of sp³-hybridized carbons (Fsp3) is 0.321. The van der Waals surface area contributed by atoms with Crippen LogP contribution in [0.15, 0.2) is 67.6 Å². The van der Waals surface area contributed by atoms with Crippen LogP contribution in [0, 0.1) is 5.82 Å². The zero-order valence-corrected chi connectivity index (χ0v) is 22.2. The van der Waals surface area contributed by atoms with E-state index in [1.807, 2.05) is 28.5 Å². The van der Waals surface area contributed by atoms with Crippen LogP contribution in [-0.4, -0.2) is 60.5 Å². The summed E-state index contributed by atoms with van der Waals surface area (Å²) in [5.41, 5.74) is 10.4. The average molecular weight is 527 g/mol. The summed E-state index contributed by atoms with van der Waals surface area (Å²) in [7, 11) is 0. The highest BCUT2D eigenvalue weighted by Gasteiger charge is 2.26. The maximum atomic E-state index is 13.4. The predicted octanol–water partition coefficient (Wildman–Crippen LogP) is 3.65. The van der Waals surface area contributed by atoms with Crippen molar-refractivity contribution >= 4 is 17.3 Å². The Hall–Kier alpha value is -4.38. The van der Waals surface area contributed by atoms with Gasteiger partial charge in [0.15, 0.2) is 5.82 Å². The van der Waals surface area contributed by atoms with Gasteiger partial charge in [0.1, 0.15) is 17.7 Å². The Morgan fingerprint density at radius 3 is 2.21 bits per heavy atom. The topological polar surface area (TPSA) is 106 Å². The van der Waals surface area contributed by atoms with Gasteiger partial charge in [0.2, 0.25) is 5.95 Å². The minimum absolute atomic E-state index is 0.293. The summed E-state index contributed by atoms with van der Waals surface area (Å²) in [6.45, 7) is 9.15. The van der Waals surface area contributed by atoms with Gasteiger partial charge in [-0.05, 0) is 44.5 Å². The van der Waals surface area contributed by atoms with E-state index in [-0.39, 0.29) is 5.82 Å². The van der Waals surface area contributed by atoms with E-state index in [4.69, 9.17) is 5.73 Å². The molecule has 10 nitrogen and oxygen atoms in total. The molecule has 0 amide bonds. The van der Waals surface area contributed by atoms with E-state index < -0.39 is 5.54 Å². The minimum Gasteiger partial charge on any atom is -0.351 e. The molecule has 1 saturated heterocycles. The summed E-state index contributed by atoms with van der Waals surface area (Å²) in [5, 5.41) is 8.91. The Morgan fingerprint density at radius 1 is 0.846 bits per heavy atom. The number of nitrogens with two attached hydrogens (primary N) is 1. The van der Waals surface area contributed by atoms with Crippen LogP contribution < -0.4 is 15.5 Å². The monoisotopic (exact) mass is 526 g/mol. The Kier molecular flexibility index (Phi) is 6.22. The van der Waals surface area contributed by atoms with Gasteiger partial charge in [-0.1, -0.05) is 12.1 Å². The van der Waals surface area contributed by atoms with Crippen molar-refractivity contribution in [2.45, 2.75) is 32.4 Å². The first-order valence-corrected chi connectivity index (χ1v) is 13.0. The lowest BCUT2D eigenvalue weighted by Gasteiger charge is -2.35. The quantitative estimate of drug-likeness (QED) is 0.357. The summed E-state index contributed by atoms with van der Waals surface area (Å²) >= 11 is 0. The largest absolute Gasteiger partial charge is 0.351 e. The van der Waals surface area contributed by atoms with E-state index >= 15 is 0 Å². The fourth-order valence-corrected chi connectivity index (χ4v) is 4.92. The maximum absolute atomic E-state index is 13.4. The van der Waals surface area contributed by atoms with Crippen LogP contribution in [0.3, 0.4) is 0 Å². The summed E-state index contributed by atoms with van der Waals surface area (Å²) in [5.74, 6) is 1.27. The molecule has 1 atom stereocenters. The molecule has 2 N–H and O–H groups in total. The van der Waals surface area contributed by atoms with E-state index in [0.29, 0.717) is 12.0 Å². The van der Waals surface area contributed by atoms with Crippen molar-refractivity contribution in [2.24, 2.45) is 5.73 Å². The number of benzene rings is 1. The number of nitrogens with zero attached hydrogens (tertiary/aromatic N) is 9. The number of halogens is 1. The van der Waals surface area contributed by atoms with Crippen LogP contribution >= 0.6 is 0 Å². The number of fused-ring (bicyclic) bond motifs is 1. The summed E-state index contributed by atoms with van der Waals surface area (Å²) < 4.78 is 17.2. The highest BCUT2D eigenvalue weighted by molar-refractivity contribution is 5.77. The Balaban J connectivity index is 1.16. The third kappa shape index (κ3) is 4.69. The van der Waals surface area contributed by atoms with Crippen molar-refractivity contribution in [1.82, 2.24) is 34.3 Å². The molecule has 5 aromatic rings. The van der Waals surface area contributed by atoms with Crippen molar-refractivity contribution in [2.75, 3.05) is 36.0 Å². The van der Waals surface area contributed by atoms with Crippen molar-refractivity contribution in [3.63, 3.8) is 0 Å². The third-order valence-corrected chi connectivity index (χ3v) is 7.39. The second-order valence-electron chi connectivity index (χ2n) is 10.4. The Labute approximate surface area is 225 Å². The molecule has 200 valence electrons. The van der Waals surface area contributed by atoms with E-state index in [2.05, 4.69) is 61.1 Å². The van der Waals surface area contributed by atoms with Crippen LogP contribution in [0.2, 0.25) is 0 Å². The van der Waals surface area contributed by atoms with Crippen LogP contribution in [0.5, 0.6) is 0 Å². The normalized spacial score (nSPS) is 15.7. The molecule has 0 saturated carbocycles. The molecule has 6 rings (SSSR count). The molecule has 39 heavy (non-hydrogen) atoms. The van der Waals surface area contributed by atoms with Crippen molar-refractivity contribution in [3.05, 3.63) is 84.6 Å². The van der Waals surface area contributed by atoms with Gasteiger partial charge in [-0.2, -0.15) is 10.2 Å². The number of piperazine rings is 1. The van der Waals surface area contributed by atoms with E-state index in [0.717, 1.165) is 59.8 Å². The zero-order chi connectivity index (χ0) is 27.1. The molecule has 0 unspecified atom stereocenters. The standard InChI is InChI=1S/C28H31FN10/c1-19(2)38-17-21(13-34-38)20-12-25-26(33-18-35-39(25)16-20)36-8-10-37(11-9-36)27-31-14-23(15-32-27)28(3,30)22-4-6-24(29)7-5-22/h4-7,12-19H,8-11,30H2,1-3H3/t28-/m0/s1. The summed E-state index contributed by atoms with van der Waals surface area (Å²) in [6, 6.07) is 8.64. The van der Waals surface area contributed by atoms with Crippen LogP contribution in [-0.2, 0) is 5.54 Å². The highest BCUT2D eigenvalue weighted by Crippen LogP contribution is 2.29. The van der Waals surface area contributed by atoms with Crippen molar-refractivity contribution < 1.29 is 4.39 Å². The first-order valence-electron chi connectivity index (χ1n) is 13.0. The number of rotatable bonds is 6. The summed E-state index contributed by atoms with van der Waals surface area (Å²) in [4.78, 5) is 18.3. The maximum Gasteiger partial charge on any atom is 0.225 e. The highest BCUT2D eigenvalue weighted by atomic mass is 19.1. The van der Waals surface area contributed by atoms with Gasteiger partial charge in [-0.25, -0.2) is 23.9 Å². The van der Waals surface area contributed by atoms with Gasteiger partial charge in [-0.3, -0.25) is 4.68 Å². The molecule has 0 aliphatic carbocycles. The smallest absolute Gasteiger partial charge is 0.225 e. The number of hydrogen-bond acceptors (Lipinski definition) is 8. The lowest BCUT2D eigenvalue weighted by Crippen LogP contribution is -2.47. The van der Waals surface area contributed by atoms with Crippen LogP contribution in [0.1, 0.15) is 37.9 Å². The van der Waals surface area contributed by atoms with Gasteiger partial charge < -0.3 is 15.5 Å². The minimum atomic E-state index is -0.827. The Bertz CT molecular complexity index is 1580. The van der Waals surface area contributed by atoms with E-state index in [9.17, 15) is 4.39 Å². The van der Waals surface area contributed by atoms with Gasteiger partial charge in [0.05, 0.1) is 11.7 Å². The second kappa shape index (κ2) is 9.73. The molecular formula is C28H31FN10. The second-order valence-corrected chi connectivity index (χ2v) is 10.4. The molecule has 1 aromatic carbocycles. The zero-order valence-electron chi connectivity index (χ0n) is 22.2. The molecule has 0 bridgehead atoms. The van der Waals surface area contributed by atoms with Gasteiger partial charge >= 0.3 is 0 Å². The molecule has 5 heterocycles. The SMILES string of the molecule is CC(C)n1cc(-c2cc3c(N4CCN(c5ncc([C@@](C)(N)c6ccc(F)cc6)cn5)CC4)ncnn3c2)cn1. The van der Waals surface area contributed by atoms with Gasteiger partial charge in [0, 0.05) is 73.7 Å². The number of hydrogen-bond donors (Lipinski definition) is 1. The molecule has 1 fully saturated rings. The van der Waals surface area contributed by atoms with Crippen LogP contribution in [0.4, 0.5) is 16.2 Å². The van der Waals surface area contributed by atoms with Crippen molar-refractivity contribution in [3.8, 4) is 11.1 Å². The summed E-state index contributed by atoms with van der Waals surface area (Å²) in [6.07, 6.45) is 11.1. The lowest BCUT2D eigenvalue weighted by atomic mass is 9.87. The fourth-order valence-electron chi connectivity index (χ4n) is 4.92. The molecule has 4 aromatic heterocycles. The first-order chi connectivity index (χ1) is 18.8. The number of anilines is 2. The molecule has 1 aliphatic heterocycles. The molecule has 0 radical (unpaired) electrons. The molecule has 1 aliphatic rings. The third-order valence-electron chi connectivity index (χ3n) is 7.39. The number of aromatic nitrogens is 7. The van der Waals surface area contributed by atoms with Gasteiger partial charge in [-0.15, -0.1) is 0 Å². The van der Waals surface area contributed by atoms with E-state index in [1.165, 1.54) is 12.1 Å². The molecular weight excluding hydrogens is 495 g/mol.